The third-order valence-electron chi connectivity index (χ3n) is 2.12. The first-order valence-corrected chi connectivity index (χ1v) is 4.15. The van der Waals surface area contributed by atoms with E-state index in [1.54, 1.807) is 12.0 Å². The van der Waals surface area contributed by atoms with E-state index in [2.05, 4.69) is 0 Å². The highest BCUT2D eigenvalue weighted by Crippen LogP contribution is 2.16. The van der Waals surface area contributed by atoms with E-state index in [9.17, 15) is 4.79 Å². The third kappa shape index (κ3) is 2.19. The standard InChI is InChI=1S/C8H15NO3/c1-12-3-2-9-5-7(6-10)4-8(9)11/h7,10H,2-6H2,1H3. The summed E-state index contributed by atoms with van der Waals surface area (Å²) < 4.78 is 4.86. The van der Waals surface area contributed by atoms with Crippen LogP contribution < -0.4 is 0 Å². The van der Waals surface area contributed by atoms with Crippen molar-refractivity contribution in [2.24, 2.45) is 5.92 Å². The second kappa shape index (κ2) is 4.42. The summed E-state index contributed by atoms with van der Waals surface area (Å²) in [5.74, 6) is 0.264. The van der Waals surface area contributed by atoms with Crippen molar-refractivity contribution >= 4 is 5.91 Å². The van der Waals surface area contributed by atoms with Gasteiger partial charge in [0.1, 0.15) is 0 Å². The Kier molecular flexibility index (Phi) is 3.49. The molecule has 1 saturated heterocycles. The van der Waals surface area contributed by atoms with E-state index < -0.39 is 0 Å². The maximum atomic E-state index is 11.2. The Morgan fingerprint density at radius 2 is 2.50 bits per heavy atom. The molecule has 1 unspecified atom stereocenters. The molecule has 0 aliphatic carbocycles. The van der Waals surface area contributed by atoms with Crippen LogP contribution in [0.15, 0.2) is 0 Å². The highest BCUT2D eigenvalue weighted by atomic mass is 16.5. The average molecular weight is 173 g/mol. The zero-order valence-electron chi connectivity index (χ0n) is 7.32. The summed E-state index contributed by atoms with van der Waals surface area (Å²) in [7, 11) is 1.62. The fourth-order valence-electron chi connectivity index (χ4n) is 1.39. The lowest BCUT2D eigenvalue weighted by molar-refractivity contribution is -0.128. The Morgan fingerprint density at radius 3 is 3.00 bits per heavy atom. The Labute approximate surface area is 72.1 Å². The van der Waals surface area contributed by atoms with Gasteiger partial charge in [0.2, 0.25) is 5.91 Å². The van der Waals surface area contributed by atoms with Crippen LogP contribution in [0.5, 0.6) is 0 Å². The minimum atomic E-state index is 0.106. The van der Waals surface area contributed by atoms with Gasteiger partial charge in [-0.2, -0.15) is 0 Å². The number of carbonyl (C=O) groups is 1. The van der Waals surface area contributed by atoms with Crippen molar-refractivity contribution in [3.63, 3.8) is 0 Å². The number of aliphatic hydroxyl groups is 1. The minimum Gasteiger partial charge on any atom is -0.396 e. The number of hydrogen-bond acceptors (Lipinski definition) is 3. The summed E-state index contributed by atoms with van der Waals surface area (Å²) in [6.45, 7) is 2.00. The molecule has 1 amide bonds. The highest BCUT2D eigenvalue weighted by Gasteiger charge is 2.28. The third-order valence-corrected chi connectivity index (χ3v) is 2.12. The first-order valence-electron chi connectivity index (χ1n) is 4.15. The zero-order valence-corrected chi connectivity index (χ0v) is 7.32. The van der Waals surface area contributed by atoms with Crippen LogP contribution in [0.2, 0.25) is 0 Å². The molecule has 0 aromatic rings. The van der Waals surface area contributed by atoms with Crippen LogP contribution in [0.25, 0.3) is 0 Å². The molecule has 4 heteroatoms. The lowest BCUT2D eigenvalue weighted by atomic mass is 10.1. The molecule has 0 radical (unpaired) electrons. The molecule has 0 aromatic heterocycles. The normalized spacial score (nSPS) is 23.7. The van der Waals surface area contributed by atoms with Crippen molar-refractivity contribution in [3.05, 3.63) is 0 Å². The van der Waals surface area contributed by atoms with Crippen LogP contribution in [0.3, 0.4) is 0 Å². The number of aliphatic hydroxyl groups excluding tert-OH is 1. The van der Waals surface area contributed by atoms with Crippen molar-refractivity contribution < 1.29 is 14.6 Å². The van der Waals surface area contributed by atoms with E-state index in [1.807, 2.05) is 0 Å². The summed E-state index contributed by atoms with van der Waals surface area (Å²) >= 11 is 0. The Hall–Kier alpha value is -0.610. The number of rotatable bonds is 4. The van der Waals surface area contributed by atoms with Gasteiger partial charge >= 0.3 is 0 Å². The van der Waals surface area contributed by atoms with Gasteiger partial charge in [0.25, 0.3) is 0 Å². The molecule has 4 nitrogen and oxygen atoms in total. The Balaban J connectivity index is 2.31. The van der Waals surface area contributed by atoms with Crippen molar-refractivity contribution in [3.8, 4) is 0 Å². The van der Waals surface area contributed by atoms with Crippen molar-refractivity contribution in [2.45, 2.75) is 6.42 Å². The summed E-state index contributed by atoms with van der Waals surface area (Å²) in [5.41, 5.74) is 0. The van der Waals surface area contributed by atoms with E-state index in [1.165, 1.54) is 0 Å². The van der Waals surface area contributed by atoms with Crippen LogP contribution in [-0.4, -0.2) is 49.3 Å². The molecule has 1 heterocycles. The predicted octanol–water partition coefficient (Wildman–Crippen LogP) is -0.526. The van der Waals surface area contributed by atoms with E-state index in [0.717, 1.165) is 0 Å². The van der Waals surface area contributed by atoms with Crippen LogP contribution in [0.4, 0.5) is 0 Å². The molecular formula is C8H15NO3. The van der Waals surface area contributed by atoms with E-state index in [-0.39, 0.29) is 18.4 Å². The van der Waals surface area contributed by atoms with Gasteiger partial charge in [-0.25, -0.2) is 0 Å². The molecule has 0 aromatic carbocycles. The molecule has 1 atom stereocenters. The van der Waals surface area contributed by atoms with Crippen LogP contribution in [-0.2, 0) is 9.53 Å². The van der Waals surface area contributed by atoms with Crippen LogP contribution in [0, 0.1) is 5.92 Å². The predicted molar refractivity (Wildman–Crippen MR) is 43.6 cm³/mol. The number of methoxy groups -OCH3 is 1. The average Bonchev–Trinajstić information content (AvgIpc) is 2.43. The number of amides is 1. The molecule has 12 heavy (non-hydrogen) atoms. The monoisotopic (exact) mass is 173 g/mol. The first kappa shape index (κ1) is 9.48. The van der Waals surface area contributed by atoms with Crippen molar-refractivity contribution in [2.75, 3.05) is 33.4 Å². The van der Waals surface area contributed by atoms with Gasteiger partial charge in [0.15, 0.2) is 0 Å². The van der Waals surface area contributed by atoms with E-state index in [4.69, 9.17) is 9.84 Å². The largest absolute Gasteiger partial charge is 0.396 e. The maximum absolute atomic E-state index is 11.2. The van der Waals surface area contributed by atoms with E-state index in [0.29, 0.717) is 26.1 Å². The molecule has 1 aliphatic rings. The van der Waals surface area contributed by atoms with Gasteiger partial charge in [0, 0.05) is 39.1 Å². The topological polar surface area (TPSA) is 49.8 Å². The minimum absolute atomic E-state index is 0.106. The number of carbonyl (C=O) groups excluding carboxylic acids is 1. The molecule has 0 saturated carbocycles. The lowest BCUT2D eigenvalue weighted by Gasteiger charge is -2.14. The van der Waals surface area contributed by atoms with Gasteiger partial charge in [0.05, 0.1) is 6.61 Å². The molecule has 0 bridgehead atoms. The fourth-order valence-corrected chi connectivity index (χ4v) is 1.39. The molecule has 0 spiro atoms. The highest BCUT2D eigenvalue weighted by molar-refractivity contribution is 5.78. The molecule has 1 aliphatic heterocycles. The SMILES string of the molecule is COCCN1CC(CO)CC1=O. The quantitative estimate of drug-likeness (QED) is 0.622. The van der Waals surface area contributed by atoms with Crippen molar-refractivity contribution in [1.82, 2.24) is 4.90 Å². The molecule has 70 valence electrons. The second-order valence-electron chi connectivity index (χ2n) is 3.09. The number of likely N-dealkylation sites (tertiary alicyclic amines) is 1. The van der Waals surface area contributed by atoms with E-state index >= 15 is 0 Å². The summed E-state index contributed by atoms with van der Waals surface area (Å²) in [6, 6.07) is 0. The Morgan fingerprint density at radius 1 is 1.75 bits per heavy atom. The summed E-state index contributed by atoms with van der Waals surface area (Å²) in [4.78, 5) is 12.9. The van der Waals surface area contributed by atoms with Gasteiger partial charge in [-0.3, -0.25) is 4.79 Å². The maximum Gasteiger partial charge on any atom is 0.223 e. The van der Waals surface area contributed by atoms with Crippen LogP contribution >= 0.6 is 0 Å². The summed E-state index contributed by atoms with van der Waals surface area (Å²) in [5, 5.41) is 8.82. The molecule has 1 fully saturated rings. The summed E-state index contributed by atoms with van der Waals surface area (Å²) in [6.07, 6.45) is 0.486. The molecular weight excluding hydrogens is 158 g/mol. The van der Waals surface area contributed by atoms with Crippen LogP contribution in [0.1, 0.15) is 6.42 Å². The number of nitrogens with zero attached hydrogens (tertiary/aromatic N) is 1. The van der Waals surface area contributed by atoms with Crippen molar-refractivity contribution in [1.29, 1.82) is 0 Å². The fraction of sp³-hybridized carbons (Fsp3) is 0.875. The number of hydrogen-bond donors (Lipinski definition) is 1. The Bertz CT molecular complexity index is 160. The molecule has 1 rings (SSSR count). The van der Waals surface area contributed by atoms with Gasteiger partial charge in [-0.15, -0.1) is 0 Å². The molecule has 1 N–H and O–H groups in total. The number of ether oxygens (including phenoxy) is 1. The first-order chi connectivity index (χ1) is 5.77. The lowest BCUT2D eigenvalue weighted by Crippen LogP contribution is -2.29. The van der Waals surface area contributed by atoms with Gasteiger partial charge < -0.3 is 14.7 Å². The smallest absolute Gasteiger partial charge is 0.223 e. The van der Waals surface area contributed by atoms with Gasteiger partial charge in [-0.1, -0.05) is 0 Å². The van der Waals surface area contributed by atoms with Gasteiger partial charge in [-0.05, 0) is 0 Å². The zero-order chi connectivity index (χ0) is 8.97. The second-order valence-corrected chi connectivity index (χ2v) is 3.09.